The molecule has 3 aromatic rings. The molecule has 1 atom stereocenters. The zero-order valence-electron chi connectivity index (χ0n) is 11.8. The van der Waals surface area contributed by atoms with Gasteiger partial charge >= 0.3 is 0 Å². The van der Waals surface area contributed by atoms with Crippen LogP contribution in [0.15, 0.2) is 48.7 Å². The minimum atomic E-state index is -1.01. The molecule has 0 aliphatic carbocycles. The lowest BCUT2D eigenvalue weighted by Crippen LogP contribution is -2.23. The number of ether oxygens (including phenoxy) is 1. The molecule has 112 valence electrons. The summed E-state index contributed by atoms with van der Waals surface area (Å²) in [6.07, 6.45) is 0.807. The molecule has 0 saturated heterocycles. The average molecular weight is 301 g/mol. The fourth-order valence-corrected chi connectivity index (χ4v) is 2.30. The Morgan fingerprint density at radius 2 is 1.91 bits per heavy atom. The molecule has 1 aromatic heterocycles. The van der Waals surface area contributed by atoms with Crippen molar-refractivity contribution in [3.63, 3.8) is 0 Å². The van der Waals surface area contributed by atoms with E-state index in [1.54, 1.807) is 13.1 Å². The summed E-state index contributed by atoms with van der Waals surface area (Å²) in [5, 5.41) is 0.799. The fraction of sp³-hybridized carbons (Fsp3) is 0.118. The third-order valence-electron chi connectivity index (χ3n) is 3.43. The summed E-state index contributed by atoms with van der Waals surface area (Å²) in [5.41, 5.74) is 1.36. The molecule has 22 heavy (non-hydrogen) atoms. The molecular weight excluding hydrogens is 288 g/mol. The van der Waals surface area contributed by atoms with Crippen LogP contribution >= 0.6 is 0 Å². The molecule has 0 unspecified atom stereocenters. The number of halogens is 2. The molecule has 0 aliphatic heterocycles. The lowest BCUT2D eigenvalue weighted by molar-refractivity contribution is 0.0819. The maximum absolute atomic E-state index is 13.2. The molecule has 5 heteroatoms. The van der Waals surface area contributed by atoms with Gasteiger partial charge in [0.2, 0.25) is 5.78 Å². The molecule has 0 aliphatic rings. The Balaban J connectivity index is 1.83. The van der Waals surface area contributed by atoms with Crippen LogP contribution in [0.3, 0.4) is 0 Å². The number of hydrogen-bond acceptors (Lipinski definition) is 2. The summed E-state index contributed by atoms with van der Waals surface area (Å²) in [4.78, 5) is 15.5. The maximum Gasteiger partial charge on any atom is 0.205 e. The molecule has 2 aromatic carbocycles. The Morgan fingerprint density at radius 1 is 1.14 bits per heavy atom. The molecular formula is C17H13F2NO2. The van der Waals surface area contributed by atoms with Crippen LogP contribution in [0.2, 0.25) is 0 Å². The summed E-state index contributed by atoms with van der Waals surface area (Å²) in [6.45, 7) is 1.57. The van der Waals surface area contributed by atoms with Gasteiger partial charge in [-0.15, -0.1) is 0 Å². The van der Waals surface area contributed by atoms with Gasteiger partial charge in [-0.1, -0.05) is 18.2 Å². The summed E-state index contributed by atoms with van der Waals surface area (Å²) < 4.78 is 31.5. The number of aromatic nitrogens is 1. The zero-order valence-corrected chi connectivity index (χ0v) is 11.8. The van der Waals surface area contributed by atoms with Crippen molar-refractivity contribution in [3.05, 3.63) is 65.9 Å². The van der Waals surface area contributed by atoms with Gasteiger partial charge in [-0.3, -0.25) is 4.79 Å². The first-order valence-corrected chi connectivity index (χ1v) is 6.78. The summed E-state index contributed by atoms with van der Waals surface area (Å²) in [7, 11) is 0. The topological polar surface area (TPSA) is 42.1 Å². The van der Waals surface area contributed by atoms with E-state index in [0.717, 1.165) is 23.0 Å². The Kier molecular flexibility index (Phi) is 3.63. The van der Waals surface area contributed by atoms with E-state index in [-0.39, 0.29) is 11.5 Å². The zero-order chi connectivity index (χ0) is 15.7. The Labute approximate surface area is 125 Å². The highest BCUT2D eigenvalue weighted by atomic mass is 19.2. The van der Waals surface area contributed by atoms with Crippen molar-refractivity contribution in [2.24, 2.45) is 0 Å². The van der Waals surface area contributed by atoms with Crippen molar-refractivity contribution in [2.45, 2.75) is 13.0 Å². The second kappa shape index (κ2) is 5.60. The van der Waals surface area contributed by atoms with Crippen LogP contribution in [0.1, 0.15) is 17.3 Å². The number of para-hydroxylation sites is 1. The van der Waals surface area contributed by atoms with Gasteiger partial charge in [0.15, 0.2) is 17.7 Å². The molecule has 3 rings (SSSR count). The minimum Gasteiger partial charge on any atom is -0.482 e. The Hall–Kier alpha value is -2.69. The van der Waals surface area contributed by atoms with Crippen molar-refractivity contribution >= 4 is 16.7 Å². The van der Waals surface area contributed by atoms with Gasteiger partial charge in [0, 0.05) is 28.7 Å². The van der Waals surface area contributed by atoms with Crippen molar-refractivity contribution in [2.75, 3.05) is 0 Å². The number of ketones is 1. The van der Waals surface area contributed by atoms with Crippen LogP contribution in [0.4, 0.5) is 8.78 Å². The Morgan fingerprint density at radius 3 is 2.68 bits per heavy atom. The van der Waals surface area contributed by atoms with Crippen LogP contribution in [-0.4, -0.2) is 16.9 Å². The normalized spacial score (nSPS) is 12.3. The van der Waals surface area contributed by atoms with Crippen LogP contribution in [0, 0.1) is 11.6 Å². The maximum atomic E-state index is 13.2. The predicted octanol–water partition coefficient (Wildman–Crippen LogP) is 4.10. The van der Waals surface area contributed by atoms with Gasteiger partial charge in [-0.05, 0) is 25.1 Å². The van der Waals surface area contributed by atoms with Gasteiger partial charge in [-0.2, -0.15) is 0 Å². The largest absolute Gasteiger partial charge is 0.482 e. The smallest absolute Gasteiger partial charge is 0.205 e. The molecule has 0 radical (unpaired) electrons. The van der Waals surface area contributed by atoms with Crippen molar-refractivity contribution < 1.29 is 18.3 Å². The van der Waals surface area contributed by atoms with Gasteiger partial charge in [0.05, 0.1) is 0 Å². The van der Waals surface area contributed by atoms with E-state index in [9.17, 15) is 13.6 Å². The number of carbonyl (C=O) groups excluding carboxylic acids is 1. The van der Waals surface area contributed by atoms with Gasteiger partial charge < -0.3 is 9.72 Å². The molecule has 0 saturated carbocycles. The van der Waals surface area contributed by atoms with E-state index >= 15 is 0 Å². The number of benzene rings is 2. The number of carbonyl (C=O) groups is 1. The molecule has 1 N–H and O–H groups in total. The van der Waals surface area contributed by atoms with E-state index in [2.05, 4.69) is 4.98 Å². The molecule has 0 fully saturated rings. The van der Waals surface area contributed by atoms with Crippen LogP contribution in [0.5, 0.6) is 5.75 Å². The van der Waals surface area contributed by atoms with Crippen molar-refractivity contribution in [1.29, 1.82) is 0 Å². The average Bonchev–Trinajstić information content (AvgIpc) is 2.94. The standard InChI is InChI=1S/C17H13F2NO2/c1-10(22-11-6-7-14(18)15(19)8-11)17(21)13-9-20-16-5-3-2-4-12(13)16/h2-10,20H,1H3/t10-/m1/s1. The monoisotopic (exact) mass is 301 g/mol. The highest BCUT2D eigenvalue weighted by molar-refractivity contribution is 6.09. The summed E-state index contributed by atoms with van der Waals surface area (Å²) in [5.74, 6) is -2.09. The lowest BCUT2D eigenvalue weighted by Gasteiger charge is -2.13. The fourth-order valence-electron chi connectivity index (χ4n) is 2.30. The van der Waals surface area contributed by atoms with E-state index < -0.39 is 17.7 Å². The van der Waals surface area contributed by atoms with Gasteiger partial charge in [0.1, 0.15) is 5.75 Å². The van der Waals surface area contributed by atoms with Crippen LogP contribution < -0.4 is 4.74 Å². The first kappa shape index (κ1) is 14.3. The van der Waals surface area contributed by atoms with E-state index in [0.29, 0.717) is 5.56 Å². The highest BCUT2D eigenvalue weighted by Crippen LogP contribution is 2.22. The van der Waals surface area contributed by atoms with E-state index in [1.807, 2.05) is 24.3 Å². The lowest BCUT2D eigenvalue weighted by atomic mass is 10.1. The second-order valence-electron chi connectivity index (χ2n) is 4.95. The summed E-state index contributed by atoms with van der Waals surface area (Å²) >= 11 is 0. The third kappa shape index (κ3) is 2.57. The molecule has 1 heterocycles. The quantitative estimate of drug-likeness (QED) is 0.737. The highest BCUT2D eigenvalue weighted by Gasteiger charge is 2.20. The third-order valence-corrected chi connectivity index (χ3v) is 3.43. The SMILES string of the molecule is C[C@@H](Oc1ccc(F)c(F)c1)C(=O)c1c[nH]c2ccccc12. The van der Waals surface area contributed by atoms with Crippen LogP contribution in [0.25, 0.3) is 10.9 Å². The van der Waals surface area contributed by atoms with Crippen LogP contribution in [-0.2, 0) is 0 Å². The Bertz CT molecular complexity index is 842. The molecule has 3 nitrogen and oxygen atoms in total. The predicted molar refractivity (Wildman–Crippen MR) is 79.1 cm³/mol. The number of rotatable bonds is 4. The van der Waals surface area contributed by atoms with E-state index in [4.69, 9.17) is 4.74 Å². The van der Waals surface area contributed by atoms with Gasteiger partial charge in [-0.25, -0.2) is 8.78 Å². The molecule has 0 spiro atoms. The number of fused-ring (bicyclic) bond motifs is 1. The minimum absolute atomic E-state index is 0.111. The number of Topliss-reactive ketones (excluding diaryl/α,β-unsaturated/α-hetero) is 1. The number of aromatic amines is 1. The molecule has 0 bridgehead atoms. The first-order chi connectivity index (χ1) is 10.6. The first-order valence-electron chi connectivity index (χ1n) is 6.78. The number of H-pyrrole nitrogens is 1. The second-order valence-corrected chi connectivity index (χ2v) is 4.95. The van der Waals surface area contributed by atoms with E-state index in [1.165, 1.54) is 6.07 Å². The van der Waals surface area contributed by atoms with Crippen molar-refractivity contribution in [3.8, 4) is 5.75 Å². The van der Waals surface area contributed by atoms with Crippen molar-refractivity contribution in [1.82, 2.24) is 4.98 Å². The number of nitrogens with one attached hydrogen (secondary N) is 1. The van der Waals surface area contributed by atoms with Gasteiger partial charge in [0.25, 0.3) is 0 Å². The number of hydrogen-bond donors (Lipinski definition) is 1. The molecule has 0 amide bonds. The summed E-state index contributed by atoms with van der Waals surface area (Å²) in [6, 6.07) is 10.6.